The van der Waals surface area contributed by atoms with Crippen molar-refractivity contribution >= 4 is 17.4 Å². The van der Waals surface area contributed by atoms with Crippen molar-refractivity contribution in [2.24, 2.45) is 7.05 Å². The molecule has 0 bridgehead atoms. The molecule has 3 heterocycles. The van der Waals surface area contributed by atoms with Gasteiger partial charge in [0.25, 0.3) is 5.91 Å². The van der Waals surface area contributed by atoms with Gasteiger partial charge in [0.1, 0.15) is 11.9 Å². The third-order valence-corrected chi connectivity index (χ3v) is 7.17. The van der Waals surface area contributed by atoms with Crippen LogP contribution in [-0.4, -0.2) is 76.5 Å². The maximum atomic E-state index is 12.9. The van der Waals surface area contributed by atoms with E-state index >= 15 is 0 Å². The van der Waals surface area contributed by atoms with Gasteiger partial charge in [-0.05, 0) is 61.0 Å². The lowest BCUT2D eigenvalue weighted by Gasteiger charge is -2.35. The molecule has 0 atom stereocenters. The monoisotopic (exact) mass is 556 g/mol. The van der Waals surface area contributed by atoms with Crippen molar-refractivity contribution in [3.63, 3.8) is 0 Å². The number of ether oxygens (including phenoxy) is 1. The van der Waals surface area contributed by atoms with E-state index in [0.717, 1.165) is 47.7 Å². The van der Waals surface area contributed by atoms with Crippen LogP contribution in [0.15, 0.2) is 65.6 Å². The molecular weight excluding hydrogens is 520 g/mol. The minimum atomic E-state index is -0.251. The second kappa shape index (κ2) is 12.3. The van der Waals surface area contributed by atoms with Crippen LogP contribution in [0.25, 0.3) is 16.8 Å². The molecule has 11 nitrogen and oxygen atoms in total. The molecule has 1 aliphatic rings. The number of pyridine rings is 1. The highest BCUT2D eigenvalue weighted by molar-refractivity contribution is 5.94. The second-order valence-corrected chi connectivity index (χ2v) is 10.1. The Balaban J connectivity index is 1.26. The summed E-state index contributed by atoms with van der Waals surface area (Å²) in [5.41, 5.74) is 5.13. The molecule has 1 aliphatic heterocycles. The zero-order chi connectivity index (χ0) is 28.9. The summed E-state index contributed by atoms with van der Waals surface area (Å²) >= 11 is 0. The minimum absolute atomic E-state index is 0.0503. The fraction of sp³-hybridized carbons (Fsp3) is 0.333. The number of rotatable bonds is 11. The highest BCUT2D eigenvalue weighted by Crippen LogP contribution is 2.29. The standard InChI is InChI=1S/C30H36N8O3/c1-5-25-26(13-14-33-27(25)34-16-15-32-22-8-6-7-21(17-22)28(39)31-2)20-9-11-23(12-10-20)38-30(40)37(4)29(35-38)41-24-18-36(3)19-24/h6-14,17,24,32H,5,15-16,18-19H2,1-4H3,(H,31,39)(H,33,34). The van der Waals surface area contributed by atoms with Crippen LogP contribution in [0.1, 0.15) is 22.8 Å². The zero-order valence-electron chi connectivity index (χ0n) is 23.8. The molecule has 0 spiro atoms. The molecule has 214 valence electrons. The second-order valence-electron chi connectivity index (χ2n) is 10.1. The largest absolute Gasteiger partial charge is 0.457 e. The van der Waals surface area contributed by atoms with Gasteiger partial charge >= 0.3 is 11.7 Å². The fourth-order valence-electron chi connectivity index (χ4n) is 4.91. The number of anilines is 2. The van der Waals surface area contributed by atoms with Gasteiger partial charge < -0.3 is 20.7 Å². The molecule has 3 N–H and O–H groups in total. The lowest BCUT2D eigenvalue weighted by molar-refractivity contribution is 0.0294. The Kier molecular flexibility index (Phi) is 8.34. The lowest BCUT2D eigenvalue weighted by Crippen LogP contribution is -2.51. The summed E-state index contributed by atoms with van der Waals surface area (Å²) in [5, 5.41) is 13.9. The first-order valence-corrected chi connectivity index (χ1v) is 13.8. The number of likely N-dealkylation sites (N-methyl/N-ethyl adjacent to an activating group) is 1. The van der Waals surface area contributed by atoms with E-state index in [9.17, 15) is 9.59 Å². The number of carbonyl (C=O) groups is 1. The van der Waals surface area contributed by atoms with Crippen LogP contribution in [0.5, 0.6) is 6.01 Å². The van der Waals surface area contributed by atoms with Gasteiger partial charge in [0, 0.05) is 63.3 Å². The molecule has 0 saturated carbocycles. The first-order valence-electron chi connectivity index (χ1n) is 13.8. The molecule has 1 saturated heterocycles. The molecular formula is C30H36N8O3. The Bertz CT molecular complexity index is 1570. The molecule has 1 fully saturated rings. The molecule has 5 rings (SSSR count). The van der Waals surface area contributed by atoms with Crippen LogP contribution in [0.4, 0.5) is 11.5 Å². The molecule has 11 heteroatoms. The van der Waals surface area contributed by atoms with E-state index in [1.807, 2.05) is 55.6 Å². The van der Waals surface area contributed by atoms with Gasteiger partial charge in [-0.3, -0.25) is 9.69 Å². The SMILES string of the molecule is CCc1c(-c2ccc(-n3nc(OC4CN(C)C4)n(C)c3=O)cc2)ccnc1NCCNc1cccc(C(=O)NC)c1. The quantitative estimate of drug-likeness (QED) is 0.242. The van der Waals surface area contributed by atoms with Crippen molar-refractivity contribution in [1.82, 2.24) is 29.5 Å². The minimum Gasteiger partial charge on any atom is -0.457 e. The number of aromatic nitrogens is 4. The number of carbonyl (C=O) groups excluding carboxylic acids is 1. The third kappa shape index (κ3) is 6.09. The van der Waals surface area contributed by atoms with Crippen molar-refractivity contribution in [2.75, 3.05) is 50.9 Å². The lowest BCUT2D eigenvalue weighted by atomic mass is 9.99. The predicted octanol–water partition coefficient (Wildman–Crippen LogP) is 2.77. The summed E-state index contributed by atoms with van der Waals surface area (Å²) < 4.78 is 8.72. The van der Waals surface area contributed by atoms with E-state index in [-0.39, 0.29) is 17.7 Å². The predicted molar refractivity (Wildman–Crippen MR) is 160 cm³/mol. The van der Waals surface area contributed by atoms with Crippen molar-refractivity contribution < 1.29 is 9.53 Å². The normalized spacial score (nSPS) is 13.5. The van der Waals surface area contributed by atoms with Crippen molar-refractivity contribution in [3.05, 3.63) is 82.4 Å². The summed E-state index contributed by atoms with van der Waals surface area (Å²) in [5.74, 6) is 0.718. The number of hydrogen-bond acceptors (Lipinski definition) is 8. The maximum Gasteiger partial charge on any atom is 0.353 e. The number of amides is 1. The summed E-state index contributed by atoms with van der Waals surface area (Å²) in [4.78, 5) is 31.5. The van der Waals surface area contributed by atoms with E-state index < -0.39 is 0 Å². The van der Waals surface area contributed by atoms with Crippen LogP contribution >= 0.6 is 0 Å². The molecule has 0 radical (unpaired) electrons. The van der Waals surface area contributed by atoms with Gasteiger partial charge in [-0.25, -0.2) is 14.3 Å². The topological polar surface area (TPSA) is 118 Å². The molecule has 1 amide bonds. The van der Waals surface area contributed by atoms with E-state index in [1.165, 1.54) is 9.25 Å². The molecule has 2 aromatic heterocycles. The zero-order valence-corrected chi connectivity index (χ0v) is 23.8. The van der Waals surface area contributed by atoms with Gasteiger partial charge in [0.15, 0.2) is 0 Å². The van der Waals surface area contributed by atoms with Crippen LogP contribution in [-0.2, 0) is 13.5 Å². The summed E-state index contributed by atoms with van der Waals surface area (Å²) in [6, 6.07) is 17.5. The summed E-state index contributed by atoms with van der Waals surface area (Å²) in [7, 11) is 5.32. The average Bonchev–Trinajstić information content (AvgIpc) is 3.26. The Labute approximate surface area is 239 Å². The first-order chi connectivity index (χ1) is 19.9. The summed E-state index contributed by atoms with van der Waals surface area (Å²) in [6.07, 6.45) is 2.65. The van der Waals surface area contributed by atoms with Crippen LogP contribution in [0, 0.1) is 0 Å². The molecule has 2 aromatic carbocycles. The Hall–Kier alpha value is -4.64. The highest BCUT2D eigenvalue weighted by Gasteiger charge is 2.27. The highest BCUT2D eigenvalue weighted by atomic mass is 16.5. The van der Waals surface area contributed by atoms with Crippen LogP contribution < -0.4 is 26.4 Å². The van der Waals surface area contributed by atoms with Gasteiger partial charge in [-0.2, -0.15) is 4.68 Å². The number of benzene rings is 2. The average molecular weight is 557 g/mol. The van der Waals surface area contributed by atoms with E-state index in [4.69, 9.17) is 4.74 Å². The van der Waals surface area contributed by atoms with E-state index in [1.54, 1.807) is 26.4 Å². The molecule has 4 aromatic rings. The first kappa shape index (κ1) is 27.9. The van der Waals surface area contributed by atoms with Gasteiger partial charge in [0.2, 0.25) is 0 Å². The summed E-state index contributed by atoms with van der Waals surface area (Å²) in [6.45, 7) is 5.06. The third-order valence-electron chi connectivity index (χ3n) is 7.17. The number of nitrogens with one attached hydrogen (secondary N) is 3. The molecule has 0 aliphatic carbocycles. The van der Waals surface area contributed by atoms with Crippen molar-refractivity contribution in [1.29, 1.82) is 0 Å². The number of hydrogen-bond donors (Lipinski definition) is 3. The Morgan fingerprint density at radius 3 is 2.51 bits per heavy atom. The Morgan fingerprint density at radius 1 is 1.05 bits per heavy atom. The fourth-order valence-corrected chi connectivity index (χ4v) is 4.91. The van der Waals surface area contributed by atoms with Crippen LogP contribution in [0.2, 0.25) is 0 Å². The smallest absolute Gasteiger partial charge is 0.353 e. The van der Waals surface area contributed by atoms with E-state index in [0.29, 0.717) is 30.4 Å². The maximum absolute atomic E-state index is 12.9. The van der Waals surface area contributed by atoms with Gasteiger partial charge in [-0.1, -0.05) is 25.1 Å². The molecule has 0 unspecified atom stereocenters. The number of likely N-dealkylation sites (tertiary alicyclic amines) is 1. The van der Waals surface area contributed by atoms with Crippen LogP contribution in [0.3, 0.4) is 0 Å². The van der Waals surface area contributed by atoms with Gasteiger partial charge in [-0.15, -0.1) is 5.10 Å². The molecule has 41 heavy (non-hydrogen) atoms. The van der Waals surface area contributed by atoms with Gasteiger partial charge in [0.05, 0.1) is 5.69 Å². The van der Waals surface area contributed by atoms with E-state index in [2.05, 4.69) is 37.9 Å². The Morgan fingerprint density at radius 2 is 1.80 bits per heavy atom. The number of nitrogens with zero attached hydrogens (tertiary/aromatic N) is 5. The van der Waals surface area contributed by atoms with Crippen molar-refractivity contribution in [3.8, 4) is 22.8 Å². The van der Waals surface area contributed by atoms with Crippen molar-refractivity contribution in [2.45, 2.75) is 19.4 Å².